The van der Waals surface area contributed by atoms with E-state index in [1.54, 1.807) is 18.2 Å². The first-order valence-electron chi connectivity index (χ1n) is 5.68. The maximum atomic E-state index is 11.9. The summed E-state index contributed by atoms with van der Waals surface area (Å²) in [5, 5.41) is 10.4. The lowest BCUT2D eigenvalue weighted by Gasteiger charge is -2.08. The lowest BCUT2D eigenvalue weighted by atomic mass is 10.1. The Morgan fingerprint density at radius 3 is 2.63 bits per heavy atom. The molecule has 0 saturated heterocycles. The molecule has 19 heavy (non-hydrogen) atoms. The van der Waals surface area contributed by atoms with E-state index < -0.39 is 0 Å². The zero-order valence-corrected chi connectivity index (χ0v) is 12.7. The van der Waals surface area contributed by atoms with Gasteiger partial charge in [-0.1, -0.05) is 25.4 Å². The Hall–Kier alpha value is -1.33. The number of rotatable bonds is 2. The third kappa shape index (κ3) is 2.82. The molecule has 1 aromatic carbocycles. The van der Waals surface area contributed by atoms with Gasteiger partial charge < -0.3 is 10.1 Å². The molecule has 0 aliphatic heterocycles. The van der Waals surface area contributed by atoms with E-state index in [9.17, 15) is 9.90 Å². The lowest BCUT2D eigenvalue weighted by molar-refractivity contribution is 0.440. The Morgan fingerprint density at radius 1 is 1.42 bits per heavy atom. The predicted molar refractivity (Wildman–Crippen MR) is 78.8 cm³/mol. The highest BCUT2D eigenvalue weighted by Gasteiger charge is 2.15. The fourth-order valence-electron chi connectivity index (χ4n) is 1.77. The van der Waals surface area contributed by atoms with Crippen molar-refractivity contribution >= 4 is 27.5 Å². The molecule has 100 valence electrons. The van der Waals surface area contributed by atoms with Gasteiger partial charge in [0.05, 0.1) is 10.6 Å². The number of H-pyrrole nitrogens is 1. The van der Waals surface area contributed by atoms with Crippen molar-refractivity contribution < 1.29 is 5.11 Å². The average Bonchev–Trinajstić information content (AvgIpc) is 2.31. The van der Waals surface area contributed by atoms with E-state index in [1.165, 1.54) is 0 Å². The van der Waals surface area contributed by atoms with Crippen LogP contribution < -0.4 is 5.56 Å². The minimum absolute atomic E-state index is 0.0951. The summed E-state index contributed by atoms with van der Waals surface area (Å²) in [7, 11) is 0. The van der Waals surface area contributed by atoms with E-state index in [0.29, 0.717) is 20.9 Å². The third-order valence-electron chi connectivity index (χ3n) is 2.71. The Bertz CT molecular complexity index is 683. The largest absolute Gasteiger partial charge is 0.493 e. The highest BCUT2D eigenvalue weighted by Crippen LogP contribution is 2.28. The first-order chi connectivity index (χ1) is 8.90. The summed E-state index contributed by atoms with van der Waals surface area (Å²) in [6.45, 7) is 3.65. The van der Waals surface area contributed by atoms with Gasteiger partial charge in [0, 0.05) is 10.0 Å². The van der Waals surface area contributed by atoms with Crippen molar-refractivity contribution in [2.75, 3.05) is 0 Å². The second-order valence-electron chi connectivity index (χ2n) is 4.44. The molecule has 0 amide bonds. The number of aromatic amines is 1. The molecule has 2 aromatic rings. The molecular formula is C13H12BrClN2O2. The number of nitrogens with one attached hydrogen (secondary N) is 1. The van der Waals surface area contributed by atoms with E-state index in [1.807, 2.05) is 13.8 Å². The van der Waals surface area contributed by atoms with Gasteiger partial charge in [0.25, 0.3) is 5.56 Å². The van der Waals surface area contributed by atoms with Crippen LogP contribution in [-0.2, 0) is 0 Å². The molecule has 0 saturated carbocycles. The molecule has 2 N–H and O–H groups in total. The Morgan fingerprint density at radius 2 is 2.11 bits per heavy atom. The summed E-state index contributed by atoms with van der Waals surface area (Å²) in [5.41, 5.74) is 0.624. The third-order valence-corrected chi connectivity index (χ3v) is 3.92. The van der Waals surface area contributed by atoms with Crippen LogP contribution in [0, 0.1) is 0 Å². The van der Waals surface area contributed by atoms with Crippen molar-refractivity contribution in [3.8, 4) is 17.3 Å². The van der Waals surface area contributed by atoms with Crippen molar-refractivity contribution in [3.05, 3.63) is 43.6 Å². The van der Waals surface area contributed by atoms with Gasteiger partial charge in [-0.05, 0) is 40.0 Å². The van der Waals surface area contributed by atoms with E-state index in [-0.39, 0.29) is 22.9 Å². The molecular weight excluding hydrogens is 332 g/mol. The minimum Gasteiger partial charge on any atom is -0.493 e. The second kappa shape index (κ2) is 5.35. The molecule has 0 spiro atoms. The van der Waals surface area contributed by atoms with Gasteiger partial charge >= 0.3 is 0 Å². The Kier molecular flexibility index (Phi) is 3.96. The zero-order chi connectivity index (χ0) is 14.2. The average molecular weight is 344 g/mol. The van der Waals surface area contributed by atoms with Gasteiger partial charge in [-0.25, -0.2) is 0 Å². The van der Waals surface area contributed by atoms with Crippen LogP contribution in [0.15, 0.2) is 27.5 Å². The van der Waals surface area contributed by atoms with Gasteiger partial charge in [-0.2, -0.15) is 4.98 Å². The van der Waals surface area contributed by atoms with Crippen LogP contribution in [0.3, 0.4) is 0 Å². The van der Waals surface area contributed by atoms with Crippen LogP contribution >= 0.6 is 27.5 Å². The van der Waals surface area contributed by atoms with Crippen molar-refractivity contribution in [2.45, 2.75) is 19.8 Å². The SMILES string of the molecule is CC(C)c1c(O)nc(-c2ccc(Cl)c(Br)c2)[nH]c1=O. The normalized spacial score (nSPS) is 11.0. The highest BCUT2D eigenvalue weighted by molar-refractivity contribution is 9.10. The number of benzene rings is 1. The molecule has 0 aliphatic carbocycles. The molecule has 2 rings (SSSR count). The van der Waals surface area contributed by atoms with Gasteiger partial charge in [0.1, 0.15) is 5.82 Å². The molecule has 1 aromatic heterocycles. The monoisotopic (exact) mass is 342 g/mol. The highest BCUT2D eigenvalue weighted by atomic mass is 79.9. The molecule has 0 atom stereocenters. The number of hydrogen-bond acceptors (Lipinski definition) is 3. The van der Waals surface area contributed by atoms with Crippen LogP contribution in [0.25, 0.3) is 11.4 Å². The number of nitrogens with zero attached hydrogens (tertiary/aromatic N) is 1. The number of aromatic nitrogens is 2. The van der Waals surface area contributed by atoms with E-state index in [0.717, 1.165) is 0 Å². The van der Waals surface area contributed by atoms with Crippen molar-refractivity contribution in [2.24, 2.45) is 0 Å². The minimum atomic E-state index is -0.330. The number of aromatic hydroxyl groups is 1. The van der Waals surface area contributed by atoms with Crippen LogP contribution in [0.4, 0.5) is 0 Å². The molecule has 0 fully saturated rings. The summed E-state index contributed by atoms with van der Waals surface area (Å²) in [5.74, 6) is -0.0219. The lowest BCUT2D eigenvalue weighted by Crippen LogP contribution is -2.16. The summed E-state index contributed by atoms with van der Waals surface area (Å²) in [6, 6.07) is 5.14. The summed E-state index contributed by atoms with van der Waals surface area (Å²) < 4.78 is 0.696. The van der Waals surface area contributed by atoms with Gasteiger partial charge in [0.2, 0.25) is 5.88 Å². The number of halogens is 2. The predicted octanol–water partition coefficient (Wildman–Crippen LogP) is 3.68. The van der Waals surface area contributed by atoms with Crippen LogP contribution in [0.1, 0.15) is 25.3 Å². The van der Waals surface area contributed by atoms with E-state index in [4.69, 9.17) is 11.6 Å². The van der Waals surface area contributed by atoms with Crippen LogP contribution in [-0.4, -0.2) is 15.1 Å². The smallest absolute Gasteiger partial charge is 0.258 e. The van der Waals surface area contributed by atoms with Crippen molar-refractivity contribution in [3.63, 3.8) is 0 Å². The van der Waals surface area contributed by atoms with Gasteiger partial charge in [-0.3, -0.25) is 4.79 Å². The van der Waals surface area contributed by atoms with E-state index in [2.05, 4.69) is 25.9 Å². The van der Waals surface area contributed by atoms with Gasteiger partial charge in [0.15, 0.2) is 0 Å². The first kappa shape index (κ1) is 14.1. The topological polar surface area (TPSA) is 66.0 Å². The van der Waals surface area contributed by atoms with Crippen LogP contribution in [0.2, 0.25) is 5.02 Å². The van der Waals surface area contributed by atoms with Crippen molar-refractivity contribution in [1.82, 2.24) is 9.97 Å². The molecule has 0 unspecified atom stereocenters. The van der Waals surface area contributed by atoms with Crippen molar-refractivity contribution in [1.29, 1.82) is 0 Å². The quantitative estimate of drug-likeness (QED) is 0.874. The van der Waals surface area contributed by atoms with E-state index >= 15 is 0 Å². The maximum absolute atomic E-state index is 11.9. The molecule has 0 aliphatic rings. The zero-order valence-electron chi connectivity index (χ0n) is 10.4. The summed E-state index contributed by atoms with van der Waals surface area (Å²) >= 11 is 9.21. The fraction of sp³-hybridized carbons (Fsp3) is 0.231. The Balaban J connectivity index is 2.58. The molecule has 6 heteroatoms. The Labute approximate surface area is 123 Å². The molecule has 4 nitrogen and oxygen atoms in total. The number of hydrogen-bond donors (Lipinski definition) is 2. The summed E-state index contributed by atoms with van der Waals surface area (Å²) in [6.07, 6.45) is 0. The molecule has 1 heterocycles. The summed E-state index contributed by atoms with van der Waals surface area (Å²) in [4.78, 5) is 18.6. The first-order valence-corrected chi connectivity index (χ1v) is 6.86. The standard InChI is InChI=1S/C13H12BrClN2O2/c1-6(2)10-12(18)16-11(17-13(10)19)7-3-4-9(15)8(14)5-7/h3-6H,1-2H3,(H2,16,17,18,19). The second-order valence-corrected chi connectivity index (χ2v) is 5.70. The molecule has 0 bridgehead atoms. The van der Waals surface area contributed by atoms with Crippen LogP contribution in [0.5, 0.6) is 5.88 Å². The molecule has 0 radical (unpaired) electrons. The maximum Gasteiger partial charge on any atom is 0.258 e. The fourth-order valence-corrected chi connectivity index (χ4v) is 2.27. The van der Waals surface area contributed by atoms with Gasteiger partial charge in [-0.15, -0.1) is 0 Å².